The molecule has 0 saturated carbocycles. The predicted octanol–water partition coefficient (Wildman–Crippen LogP) is 1.90. The molecule has 19 heavy (non-hydrogen) atoms. The quantitative estimate of drug-likeness (QED) is 0.684. The van der Waals surface area contributed by atoms with Crippen molar-refractivity contribution in [1.82, 2.24) is 0 Å². The van der Waals surface area contributed by atoms with Gasteiger partial charge in [0.05, 0.1) is 12.0 Å². The Kier molecular flexibility index (Phi) is 3.97. The van der Waals surface area contributed by atoms with E-state index in [1.54, 1.807) is 43.5 Å². The van der Waals surface area contributed by atoms with Gasteiger partial charge in [-0.1, -0.05) is 12.1 Å². The van der Waals surface area contributed by atoms with Crippen molar-refractivity contribution in [3.05, 3.63) is 59.7 Å². The molecule has 0 heterocycles. The number of rotatable bonds is 4. The summed E-state index contributed by atoms with van der Waals surface area (Å²) in [6.07, 6.45) is 0. The minimum Gasteiger partial charge on any atom is -0.497 e. The van der Waals surface area contributed by atoms with E-state index in [1.165, 1.54) is 12.1 Å². The van der Waals surface area contributed by atoms with Gasteiger partial charge in [0.15, 0.2) is 16.5 Å². The van der Waals surface area contributed by atoms with Gasteiger partial charge >= 0.3 is 0 Å². The van der Waals surface area contributed by atoms with Crippen LogP contribution in [0.2, 0.25) is 0 Å². The fourth-order valence-electron chi connectivity index (χ4n) is 1.67. The Morgan fingerprint density at radius 1 is 1.00 bits per heavy atom. The Morgan fingerprint density at radius 2 is 1.68 bits per heavy atom. The van der Waals surface area contributed by atoms with Crippen molar-refractivity contribution in [1.29, 1.82) is 0 Å². The van der Waals surface area contributed by atoms with Gasteiger partial charge in [-0.25, -0.2) is 8.42 Å². The lowest BCUT2D eigenvalue weighted by atomic mass is 10.0. The van der Waals surface area contributed by atoms with Gasteiger partial charge in [0.1, 0.15) is 5.75 Å². The van der Waals surface area contributed by atoms with Crippen LogP contribution in [-0.2, 0) is 10.7 Å². The molecule has 0 aromatic heterocycles. The second-order valence-electron chi connectivity index (χ2n) is 3.87. The molecule has 5 heteroatoms. The second-order valence-corrected chi connectivity index (χ2v) is 4.90. The minimum absolute atomic E-state index is 0.134. The van der Waals surface area contributed by atoms with Crippen molar-refractivity contribution in [2.24, 2.45) is 0 Å². The van der Waals surface area contributed by atoms with E-state index in [-0.39, 0.29) is 10.7 Å². The highest BCUT2D eigenvalue weighted by Gasteiger charge is 2.10. The average Bonchev–Trinajstić information content (AvgIpc) is 2.46. The van der Waals surface area contributed by atoms with Crippen LogP contribution in [-0.4, -0.2) is 21.3 Å². The predicted molar refractivity (Wildman–Crippen MR) is 71.4 cm³/mol. The van der Waals surface area contributed by atoms with Gasteiger partial charge in [-0.3, -0.25) is 4.79 Å². The van der Waals surface area contributed by atoms with Gasteiger partial charge in [-0.2, -0.15) is 0 Å². The number of ketones is 1. The standard InChI is InChI=1S/C14H12O4S/c1-18-12-7-5-10(6-8-12)14(15)11-3-2-4-13(9-11)19(16)17/h2-9,19H,1H3. The van der Waals surface area contributed by atoms with Crippen LogP contribution < -0.4 is 4.74 Å². The Balaban J connectivity index is 2.35. The smallest absolute Gasteiger partial charge is 0.193 e. The highest BCUT2D eigenvalue weighted by molar-refractivity contribution is 7.72. The molecule has 0 saturated heterocycles. The molecule has 0 radical (unpaired) electrons. The number of benzene rings is 2. The lowest BCUT2D eigenvalue weighted by molar-refractivity contribution is 0.103. The molecular formula is C14H12O4S. The number of ether oxygens (including phenoxy) is 1. The maximum absolute atomic E-state index is 12.2. The molecule has 2 aromatic rings. The Morgan fingerprint density at radius 3 is 2.26 bits per heavy atom. The van der Waals surface area contributed by atoms with E-state index in [0.717, 1.165) is 0 Å². The van der Waals surface area contributed by atoms with Crippen molar-refractivity contribution in [2.75, 3.05) is 7.11 Å². The normalized spacial score (nSPS) is 10.4. The topological polar surface area (TPSA) is 60.4 Å². The maximum Gasteiger partial charge on any atom is 0.193 e. The van der Waals surface area contributed by atoms with Crippen LogP contribution >= 0.6 is 0 Å². The van der Waals surface area contributed by atoms with Crippen molar-refractivity contribution in [2.45, 2.75) is 4.90 Å². The summed E-state index contributed by atoms with van der Waals surface area (Å²) in [6.45, 7) is 0. The monoisotopic (exact) mass is 276 g/mol. The Hall–Kier alpha value is -2.14. The van der Waals surface area contributed by atoms with Crippen molar-refractivity contribution in [3.63, 3.8) is 0 Å². The van der Waals surface area contributed by atoms with Crippen molar-refractivity contribution < 1.29 is 17.9 Å². The van der Waals surface area contributed by atoms with Crippen LogP contribution in [0.5, 0.6) is 5.75 Å². The zero-order valence-electron chi connectivity index (χ0n) is 10.2. The van der Waals surface area contributed by atoms with E-state index in [1.807, 2.05) is 0 Å². The number of carbonyl (C=O) groups is 1. The van der Waals surface area contributed by atoms with Gasteiger partial charge in [0, 0.05) is 11.1 Å². The molecule has 98 valence electrons. The van der Waals surface area contributed by atoms with Gasteiger partial charge < -0.3 is 4.74 Å². The van der Waals surface area contributed by atoms with Crippen molar-refractivity contribution >= 4 is 16.5 Å². The number of carbonyl (C=O) groups excluding carboxylic acids is 1. The van der Waals surface area contributed by atoms with E-state index in [4.69, 9.17) is 4.74 Å². The molecule has 0 aliphatic rings. The maximum atomic E-state index is 12.2. The van der Waals surface area contributed by atoms with E-state index in [0.29, 0.717) is 16.9 Å². The van der Waals surface area contributed by atoms with Crippen LogP contribution in [0.4, 0.5) is 0 Å². The molecule has 0 N–H and O–H groups in total. The molecular weight excluding hydrogens is 264 g/mol. The van der Waals surface area contributed by atoms with Crippen LogP contribution in [0.15, 0.2) is 53.4 Å². The summed E-state index contributed by atoms with van der Waals surface area (Å²) in [5.74, 6) is 0.439. The van der Waals surface area contributed by atoms with E-state index >= 15 is 0 Å². The first-order valence-corrected chi connectivity index (χ1v) is 6.73. The zero-order valence-corrected chi connectivity index (χ0v) is 11.1. The molecule has 4 nitrogen and oxygen atoms in total. The van der Waals surface area contributed by atoms with Crippen molar-refractivity contribution in [3.8, 4) is 5.75 Å². The summed E-state index contributed by atoms with van der Waals surface area (Å²) in [5.41, 5.74) is 0.834. The summed E-state index contributed by atoms with van der Waals surface area (Å²) < 4.78 is 26.8. The molecule has 0 bridgehead atoms. The second kappa shape index (κ2) is 5.67. The molecule has 0 fully saturated rings. The molecule has 0 atom stereocenters. The van der Waals surface area contributed by atoms with Crippen LogP contribution in [0.3, 0.4) is 0 Å². The van der Waals surface area contributed by atoms with Crippen LogP contribution in [0.1, 0.15) is 15.9 Å². The molecule has 0 aliphatic carbocycles. The third-order valence-electron chi connectivity index (χ3n) is 2.67. The minimum atomic E-state index is -2.69. The largest absolute Gasteiger partial charge is 0.497 e. The molecule has 2 rings (SSSR count). The summed E-state index contributed by atoms with van der Waals surface area (Å²) >= 11 is 0. The van der Waals surface area contributed by atoms with Gasteiger partial charge in [-0.05, 0) is 36.4 Å². The highest BCUT2D eigenvalue weighted by atomic mass is 32.2. The first-order chi connectivity index (χ1) is 9.11. The van der Waals surface area contributed by atoms with E-state index in [2.05, 4.69) is 0 Å². The fraction of sp³-hybridized carbons (Fsp3) is 0.0714. The van der Waals surface area contributed by atoms with Gasteiger partial charge in [0.2, 0.25) is 0 Å². The van der Waals surface area contributed by atoms with Gasteiger partial charge in [0.25, 0.3) is 0 Å². The van der Waals surface area contributed by atoms with E-state index < -0.39 is 10.7 Å². The highest BCUT2D eigenvalue weighted by Crippen LogP contribution is 2.16. The average molecular weight is 276 g/mol. The zero-order chi connectivity index (χ0) is 13.8. The first kappa shape index (κ1) is 13.3. The molecule has 2 aromatic carbocycles. The third-order valence-corrected chi connectivity index (χ3v) is 3.37. The number of methoxy groups -OCH3 is 1. The summed E-state index contributed by atoms with van der Waals surface area (Å²) in [7, 11) is -1.14. The molecule has 0 spiro atoms. The lowest BCUT2D eigenvalue weighted by Gasteiger charge is -2.03. The molecule has 0 aliphatic heterocycles. The first-order valence-electron chi connectivity index (χ1n) is 5.55. The van der Waals surface area contributed by atoms with E-state index in [9.17, 15) is 13.2 Å². The summed E-state index contributed by atoms with van der Waals surface area (Å²) in [4.78, 5) is 12.3. The molecule has 0 amide bonds. The number of hydrogen-bond acceptors (Lipinski definition) is 4. The lowest BCUT2D eigenvalue weighted by Crippen LogP contribution is -2.01. The van der Waals surface area contributed by atoms with Gasteiger partial charge in [-0.15, -0.1) is 0 Å². The Labute approximate surface area is 112 Å². The number of thiol groups is 1. The summed E-state index contributed by atoms with van der Waals surface area (Å²) in [5, 5.41) is 0. The number of hydrogen-bond donors (Lipinski definition) is 1. The third kappa shape index (κ3) is 3.00. The van der Waals surface area contributed by atoms with Crippen LogP contribution in [0.25, 0.3) is 0 Å². The summed E-state index contributed by atoms with van der Waals surface area (Å²) in [6, 6.07) is 12.6. The van der Waals surface area contributed by atoms with Crippen LogP contribution in [0, 0.1) is 0 Å². The Bertz CT molecular complexity index is 664. The fourth-order valence-corrected chi connectivity index (χ4v) is 2.12. The molecule has 0 unspecified atom stereocenters. The SMILES string of the molecule is COc1ccc(C(=O)c2cccc([SH](=O)=O)c2)cc1.